The van der Waals surface area contributed by atoms with E-state index in [1.807, 2.05) is 23.1 Å². The van der Waals surface area contributed by atoms with Crippen LogP contribution < -0.4 is 10.2 Å². The number of aromatic nitrogens is 2. The third-order valence-electron chi connectivity index (χ3n) is 5.40. The number of ether oxygens (including phenoxy) is 1. The van der Waals surface area contributed by atoms with Gasteiger partial charge in [0.2, 0.25) is 5.95 Å². The summed E-state index contributed by atoms with van der Waals surface area (Å²) in [7, 11) is 0. The summed E-state index contributed by atoms with van der Waals surface area (Å²) in [6.45, 7) is 8.30. The number of benzene rings is 1. The molecule has 0 bridgehead atoms. The summed E-state index contributed by atoms with van der Waals surface area (Å²) in [5, 5.41) is 3.23. The second-order valence-corrected chi connectivity index (χ2v) is 7.29. The molecule has 154 valence electrons. The number of para-hydroxylation sites is 1. The average Bonchev–Trinajstić information content (AvgIpc) is 2.80. The standard InChI is InChI=1S/C21H28N6O2/c28-20(27-10-8-26(9-11-27)19-4-2-1-3-5-19)18-16-23-21(24-17-18)22-6-7-25-12-14-29-15-13-25/h1-5,16-17H,6-15H2,(H,22,23,24). The van der Waals surface area contributed by atoms with E-state index in [1.54, 1.807) is 12.4 Å². The number of carbonyl (C=O) groups is 1. The molecule has 0 spiro atoms. The van der Waals surface area contributed by atoms with E-state index in [9.17, 15) is 4.79 Å². The first-order valence-corrected chi connectivity index (χ1v) is 10.2. The van der Waals surface area contributed by atoms with Crippen molar-refractivity contribution in [2.45, 2.75) is 0 Å². The fourth-order valence-corrected chi connectivity index (χ4v) is 3.67. The Morgan fingerprint density at radius 3 is 2.34 bits per heavy atom. The number of carbonyl (C=O) groups excluding carboxylic acids is 1. The summed E-state index contributed by atoms with van der Waals surface area (Å²) >= 11 is 0. The number of nitrogens with one attached hydrogen (secondary N) is 1. The predicted molar refractivity (Wildman–Crippen MR) is 112 cm³/mol. The van der Waals surface area contributed by atoms with Gasteiger partial charge >= 0.3 is 0 Å². The van der Waals surface area contributed by atoms with Crippen molar-refractivity contribution in [1.82, 2.24) is 19.8 Å². The number of morpholine rings is 1. The van der Waals surface area contributed by atoms with E-state index in [0.29, 0.717) is 24.6 Å². The minimum atomic E-state index is -0.00224. The van der Waals surface area contributed by atoms with Crippen LogP contribution in [0, 0.1) is 0 Å². The topological polar surface area (TPSA) is 73.8 Å². The van der Waals surface area contributed by atoms with Crippen LogP contribution in [0.2, 0.25) is 0 Å². The number of amides is 1. The number of hydrogen-bond acceptors (Lipinski definition) is 7. The maximum atomic E-state index is 12.8. The first-order chi connectivity index (χ1) is 14.3. The van der Waals surface area contributed by atoms with Crippen molar-refractivity contribution < 1.29 is 9.53 Å². The van der Waals surface area contributed by atoms with Crippen molar-refractivity contribution in [1.29, 1.82) is 0 Å². The zero-order valence-corrected chi connectivity index (χ0v) is 16.7. The minimum Gasteiger partial charge on any atom is -0.379 e. The minimum absolute atomic E-state index is 0.00224. The highest BCUT2D eigenvalue weighted by Crippen LogP contribution is 2.16. The van der Waals surface area contributed by atoms with Crippen molar-refractivity contribution in [3.05, 3.63) is 48.3 Å². The maximum Gasteiger partial charge on any atom is 0.257 e. The van der Waals surface area contributed by atoms with Crippen molar-refractivity contribution in [2.24, 2.45) is 0 Å². The van der Waals surface area contributed by atoms with Crippen LogP contribution in [0.25, 0.3) is 0 Å². The molecule has 1 aromatic carbocycles. The van der Waals surface area contributed by atoms with E-state index in [-0.39, 0.29) is 5.91 Å². The summed E-state index contributed by atoms with van der Waals surface area (Å²) in [5.74, 6) is 0.557. The number of rotatable bonds is 6. The molecule has 2 aromatic rings. The largest absolute Gasteiger partial charge is 0.379 e. The van der Waals surface area contributed by atoms with Gasteiger partial charge in [0.1, 0.15) is 0 Å². The Hall–Kier alpha value is -2.71. The van der Waals surface area contributed by atoms with Crippen molar-refractivity contribution in [3.8, 4) is 0 Å². The smallest absolute Gasteiger partial charge is 0.257 e. The number of anilines is 2. The highest BCUT2D eigenvalue weighted by Gasteiger charge is 2.22. The van der Waals surface area contributed by atoms with Crippen LogP contribution in [0.15, 0.2) is 42.7 Å². The summed E-state index contributed by atoms with van der Waals surface area (Å²) in [5.41, 5.74) is 1.74. The normalized spacial score (nSPS) is 17.9. The summed E-state index contributed by atoms with van der Waals surface area (Å²) in [6, 6.07) is 10.3. The number of piperazine rings is 1. The van der Waals surface area contributed by atoms with Gasteiger partial charge in [-0.25, -0.2) is 9.97 Å². The quantitative estimate of drug-likeness (QED) is 0.786. The summed E-state index contributed by atoms with van der Waals surface area (Å²) in [6.07, 6.45) is 3.24. The molecule has 4 rings (SSSR count). The fourth-order valence-electron chi connectivity index (χ4n) is 3.67. The molecule has 2 aliphatic heterocycles. The Morgan fingerprint density at radius 2 is 1.66 bits per heavy atom. The number of hydrogen-bond donors (Lipinski definition) is 1. The molecule has 0 atom stereocenters. The lowest BCUT2D eigenvalue weighted by Crippen LogP contribution is -2.48. The lowest BCUT2D eigenvalue weighted by atomic mass is 10.2. The molecule has 2 aliphatic rings. The third kappa shape index (κ3) is 5.21. The maximum absolute atomic E-state index is 12.8. The Bertz CT molecular complexity index is 772. The number of nitrogens with zero attached hydrogens (tertiary/aromatic N) is 5. The molecule has 3 heterocycles. The van der Waals surface area contributed by atoms with Crippen LogP contribution in [0.1, 0.15) is 10.4 Å². The molecule has 0 radical (unpaired) electrons. The van der Waals surface area contributed by atoms with Gasteiger partial charge in [-0.3, -0.25) is 9.69 Å². The molecule has 0 aliphatic carbocycles. The summed E-state index contributed by atoms with van der Waals surface area (Å²) in [4.78, 5) is 27.9. The van der Waals surface area contributed by atoms with Crippen molar-refractivity contribution in [3.63, 3.8) is 0 Å². The molecule has 1 aromatic heterocycles. The first-order valence-electron chi connectivity index (χ1n) is 10.2. The van der Waals surface area contributed by atoms with Crippen molar-refractivity contribution in [2.75, 3.05) is 75.8 Å². The second-order valence-electron chi connectivity index (χ2n) is 7.29. The molecule has 8 nitrogen and oxygen atoms in total. The van der Waals surface area contributed by atoms with E-state index in [2.05, 4.69) is 37.2 Å². The predicted octanol–water partition coefficient (Wildman–Crippen LogP) is 1.18. The van der Waals surface area contributed by atoms with Gasteiger partial charge in [-0.2, -0.15) is 0 Å². The molecule has 0 saturated carbocycles. The SMILES string of the molecule is O=C(c1cnc(NCCN2CCOCC2)nc1)N1CCN(c2ccccc2)CC1. The highest BCUT2D eigenvalue weighted by atomic mass is 16.5. The Kier molecular flexibility index (Phi) is 6.53. The van der Waals surface area contributed by atoms with Gasteiger partial charge in [-0.15, -0.1) is 0 Å². The van der Waals surface area contributed by atoms with E-state index < -0.39 is 0 Å². The Morgan fingerprint density at radius 1 is 0.966 bits per heavy atom. The molecular weight excluding hydrogens is 368 g/mol. The average molecular weight is 396 g/mol. The molecule has 2 fully saturated rings. The molecule has 1 amide bonds. The second kappa shape index (κ2) is 9.67. The highest BCUT2D eigenvalue weighted by molar-refractivity contribution is 5.93. The molecule has 8 heteroatoms. The van der Waals surface area contributed by atoms with Crippen LogP contribution in [-0.4, -0.2) is 91.2 Å². The van der Waals surface area contributed by atoms with Gasteiger partial charge in [0.15, 0.2) is 0 Å². The van der Waals surface area contributed by atoms with Gasteiger partial charge in [-0.05, 0) is 12.1 Å². The van der Waals surface area contributed by atoms with Crippen LogP contribution in [0.4, 0.5) is 11.6 Å². The first kappa shape index (κ1) is 19.6. The van der Waals surface area contributed by atoms with Crippen LogP contribution in [0.5, 0.6) is 0 Å². The van der Waals surface area contributed by atoms with E-state index in [0.717, 1.165) is 52.5 Å². The van der Waals surface area contributed by atoms with Crippen LogP contribution >= 0.6 is 0 Å². The van der Waals surface area contributed by atoms with E-state index >= 15 is 0 Å². The van der Waals surface area contributed by atoms with Gasteiger partial charge < -0.3 is 19.9 Å². The summed E-state index contributed by atoms with van der Waals surface area (Å²) < 4.78 is 5.35. The molecule has 29 heavy (non-hydrogen) atoms. The third-order valence-corrected chi connectivity index (χ3v) is 5.40. The Balaban J connectivity index is 1.24. The lowest BCUT2D eigenvalue weighted by Gasteiger charge is -2.36. The van der Waals surface area contributed by atoms with Crippen molar-refractivity contribution >= 4 is 17.5 Å². The van der Waals surface area contributed by atoms with Crippen LogP contribution in [-0.2, 0) is 4.74 Å². The zero-order chi connectivity index (χ0) is 19.9. The fraction of sp³-hybridized carbons (Fsp3) is 0.476. The lowest BCUT2D eigenvalue weighted by molar-refractivity contribution is 0.0398. The van der Waals surface area contributed by atoms with E-state index in [4.69, 9.17) is 4.74 Å². The van der Waals surface area contributed by atoms with Gasteiger partial charge in [0.05, 0.1) is 18.8 Å². The monoisotopic (exact) mass is 396 g/mol. The molecule has 0 unspecified atom stereocenters. The van der Waals surface area contributed by atoms with Crippen LogP contribution in [0.3, 0.4) is 0 Å². The zero-order valence-electron chi connectivity index (χ0n) is 16.7. The molecule has 2 saturated heterocycles. The molecule has 1 N–H and O–H groups in total. The molecular formula is C21H28N6O2. The van der Waals surface area contributed by atoms with Gasteiger partial charge in [0, 0.05) is 70.4 Å². The Labute approximate surface area is 171 Å². The van der Waals surface area contributed by atoms with Gasteiger partial charge in [0.25, 0.3) is 5.91 Å². The van der Waals surface area contributed by atoms with E-state index in [1.165, 1.54) is 5.69 Å². The van der Waals surface area contributed by atoms with Gasteiger partial charge in [-0.1, -0.05) is 18.2 Å².